The summed E-state index contributed by atoms with van der Waals surface area (Å²) in [5, 5.41) is 13.4. The molecule has 4 nitrogen and oxygen atoms in total. The van der Waals surface area contributed by atoms with E-state index in [2.05, 4.69) is 20.9 Å². The van der Waals surface area contributed by atoms with Crippen molar-refractivity contribution in [2.75, 3.05) is 6.54 Å². The molecule has 3 aromatic rings. The van der Waals surface area contributed by atoms with Gasteiger partial charge in [-0.1, -0.05) is 29.8 Å². The summed E-state index contributed by atoms with van der Waals surface area (Å²) in [6, 6.07) is 17.0. The largest absolute Gasteiger partial charge is 0.858 e. The van der Waals surface area contributed by atoms with Gasteiger partial charge in [0.05, 0.1) is 5.69 Å². The highest BCUT2D eigenvalue weighted by molar-refractivity contribution is 6.30. The summed E-state index contributed by atoms with van der Waals surface area (Å²) in [6.07, 6.45) is 4.49. The van der Waals surface area contributed by atoms with Crippen molar-refractivity contribution in [3.63, 3.8) is 0 Å². The van der Waals surface area contributed by atoms with Crippen LogP contribution in [0.15, 0.2) is 72.0 Å². The Bertz CT molecular complexity index is 955. The normalized spacial score (nSPS) is 14.8. The number of nitrogens with zero attached hydrogens (tertiary/aromatic N) is 3. The first kappa shape index (κ1) is 17.7. The minimum Gasteiger partial charge on any atom is -0.858 e. The van der Waals surface area contributed by atoms with Crippen LogP contribution in [0.25, 0.3) is 0 Å². The van der Waals surface area contributed by atoms with Crippen molar-refractivity contribution in [3.05, 3.63) is 94.3 Å². The van der Waals surface area contributed by atoms with E-state index in [-0.39, 0.29) is 5.90 Å². The third kappa shape index (κ3) is 4.18. The summed E-state index contributed by atoms with van der Waals surface area (Å²) in [6.45, 7) is 2.63. The predicted octanol–water partition coefficient (Wildman–Crippen LogP) is 3.73. The maximum absolute atomic E-state index is 12.7. The molecule has 1 aromatic heterocycles. The van der Waals surface area contributed by atoms with E-state index in [4.69, 9.17) is 11.6 Å². The van der Waals surface area contributed by atoms with E-state index in [1.54, 1.807) is 24.3 Å². The monoisotopic (exact) mass is 376 g/mol. The maximum Gasteiger partial charge on any atom is 0.0623 e. The summed E-state index contributed by atoms with van der Waals surface area (Å²) >= 11 is 5.90. The van der Waals surface area contributed by atoms with Crippen LogP contribution in [-0.2, 0) is 19.5 Å². The third-order valence-electron chi connectivity index (χ3n) is 4.79. The summed E-state index contributed by atoms with van der Waals surface area (Å²) in [5.74, 6) is -0.197. The van der Waals surface area contributed by atoms with Gasteiger partial charge in [0.15, 0.2) is 0 Å². The summed E-state index contributed by atoms with van der Waals surface area (Å²) < 4.78 is 0. The van der Waals surface area contributed by atoms with E-state index in [1.807, 2.05) is 36.7 Å². The summed E-state index contributed by atoms with van der Waals surface area (Å²) in [4.78, 5) is 10.7. The highest BCUT2D eigenvalue weighted by atomic mass is 35.5. The van der Waals surface area contributed by atoms with Crippen molar-refractivity contribution in [2.45, 2.75) is 19.5 Å². The minimum atomic E-state index is -0.197. The second-order valence-corrected chi connectivity index (χ2v) is 7.09. The first-order valence-corrected chi connectivity index (χ1v) is 9.30. The average Bonchev–Trinajstić information content (AvgIpc) is 2.70. The highest BCUT2D eigenvalue weighted by Gasteiger charge is 2.18. The van der Waals surface area contributed by atoms with Gasteiger partial charge < -0.3 is 5.11 Å². The van der Waals surface area contributed by atoms with Crippen LogP contribution in [0.4, 0.5) is 5.69 Å². The highest BCUT2D eigenvalue weighted by Crippen LogP contribution is 2.25. The van der Waals surface area contributed by atoms with Gasteiger partial charge in [-0.05, 0) is 71.0 Å². The molecule has 0 saturated carbocycles. The van der Waals surface area contributed by atoms with Crippen LogP contribution in [-0.4, -0.2) is 22.3 Å². The van der Waals surface area contributed by atoms with E-state index < -0.39 is 0 Å². The van der Waals surface area contributed by atoms with Gasteiger partial charge in [0, 0.05) is 37.1 Å². The van der Waals surface area contributed by atoms with Crippen LogP contribution in [0.1, 0.15) is 22.3 Å². The molecular formula is C22H19ClN3O-. The number of hydrogen-bond acceptors (Lipinski definition) is 4. The van der Waals surface area contributed by atoms with Gasteiger partial charge in [-0.25, -0.2) is 0 Å². The molecule has 136 valence electrons. The van der Waals surface area contributed by atoms with Crippen molar-refractivity contribution in [1.29, 1.82) is 0 Å². The van der Waals surface area contributed by atoms with Crippen LogP contribution in [0.3, 0.4) is 0 Å². The fourth-order valence-corrected chi connectivity index (χ4v) is 3.57. The van der Waals surface area contributed by atoms with E-state index >= 15 is 0 Å². The second-order valence-electron chi connectivity index (χ2n) is 6.65. The zero-order valence-electron chi connectivity index (χ0n) is 14.8. The summed E-state index contributed by atoms with van der Waals surface area (Å²) in [5.41, 5.74) is 4.89. The molecular weight excluding hydrogens is 358 g/mol. The zero-order chi connectivity index (χ0) is 18.6. The molecule has 0 atom stereocenters. The van der Waals surface area contributed by atoms with Gasteiger partial charge in [-0.15, -0.1) is 0 Å². The Morgan fingerprint density at radius 1 is 1.07 bits per heavy atom. The first-order valence-electron chi connectivity index (χ1n) is 8.93. The molecule has 0 fully saturated rings. The van der Waals surface area contributed by atoms with Crippen molar-refractivity contribution in [1.82, 2.24) is 9.88 Å². The minimum absolute atomic E-state index is 0.197. The number of hydrogen-bond donors (Lipinski definition) is 0. The molecule has 0 bridgehead atoms. The number of benzene rings is 2. The molecule has 0 aliphatic carbocycles. The van der Waals surface area contributed by atoms with Gasteiger partial charge in [-0.2, -0.15) is 0 Å². The molecule has 2 aromatic carbocycles. The Balaban J connectivity index is 1.56. The Hall–Kier alpha value is -2.69. The molecule has 0 unspecified atom stereocenters. The quantitative estimate of drug-likeness (QED) is 0.515. The SMILES string of the molecule is [O-]C(=Nc1ccc(Cl)cc1)c1cccc2c1CCN(Cc1ccncc1)C2. The van der Waals surface area contributed by atoms with Crippen molar-refractivity contribution < 1.29 is 5.11 Å². The fraction of sp³-hybridized carbons (Fsp3) is 0.182. The lowest BCUT2D eigenvalue weighted by atomic mass is 9.94. The molecule has 1 aliphatic heterocycles. The number of pyridine rings is 1. The first-order chi connectivity index (χ1) is 13.2. The van der Waals surface area contributed by atoms with Crippen LogP contribution in [0.2, 0.25) is 5.02 Å². The second kappa shape index (κ2) is 7.91. The van der Waals surface area contributed by atoms with Crippen molar-refractivity contribution in [2.24, 2.45) is 4.99 Å². The van der Waals surface area contributed by atoms with Gasteiger partial charge in [0.1, 0.15) is 0 Å². The number of aliphatic imine (C=N–C) groups is 1. The lowest BCUT2D eigenvalue weighted by molar-refractivity contribution is -0.212. The zero-order valence-corrected chi connectivity index (χ0v) is 15.6. The van der Waals surface area contributed by atoms with Crippen LogP contribution >= 0.6 is 11.6 Å². The Morgan fingerprint density at radius 3 is 2.63 bits per heavy atom. The molecule has 0 amide bonds. The predicted molar refractivity (Wildman–Crippen MR) is 106 cm³/mol. The molecule has 0 spiro atoms. The van der Waals surface area contributed by atoms with E-state index in [0.29, 0.717) is 16.3 Å². The topological polar surface area (TPSA) is 51.6 Å². The average molecular weight is 377 g/mol. The van der Waals surface area contributed by atoms with Gasteiger partial charge in [-0.3, -0.25) is 14.9 Å². The molecule has 0 saturated heterocycles. The molecule has 2 heterocycles. The maximum atomic E-state index is 12.7. The van der Waals surface area contributed by atoms with E-state index in [1.165, 1.54) is 11.1 Å². The molecule has 5 heteroatoms. The molecule has 0 radical (unpaired) electrons. The molecule has 0 N–H and O–H groups in total. The smallest absolute Gasteiger partial charge is 0.0623 e. The lowest BCUT2D eigenvalue weighted by Crippen LogP contribution is -2.32. The Kier molecular flexibility index (Phi) is 5.19. The lowest BCUT2D eigenvalue weighted by Gasteiger charge is -2.31. The Labute approximate surface area is 163 Å². The van der Waals surface area contributed by atoms with Gasteiger partial charge in [0.2, 0.25) is 0 Å². The number of halogens is 1. The van der Waals surface area contributed by atoms with Crippen molar-refractivity contribution >= 4 is 23.2 Å². The number of aromatic nitrogens is 1. The van der Waals surface area contributed by atoms with Gasteiger partial charge >= 0.3 is 0 Å². The molecule has 1 aliphatic rings. The van der Waals surface area contributed by atoms with Crippen LogP contribution < -0.4 is 5.11 Å². The summed E-state index contributed by atoms with van der Waals surface area (Å²) in [7, 11) is 0. The van der Waals surface area contributed by atoms with Crippen molar-refractivity contribution in [3.8, 4) is 0 Å². The number of fused-ring (bicyclic) bond motifs is 1. The fourth-order valence-electron chi connectivity index (χ4n) is 3.44. The van der Waals surface area contributed by atoms with E-state index in [0.717, 1.165) is 31.6 Å². The molecule has 27 heavy (non-hydrogen) atoms. The standard InChI is InChI=1S/C22H20ClN3O/c23-18-4-6-19(7-5-18)25-22(27)21-3-1-2-17-15-26(13-10-20(17)21)14-16-8-11-24-12-9-16/h1-9,11-12H,10,13-15H2,(H,25,27)/p-1. The van der Waals surface area contributed by atoms with Crippen LogP contribution in [0, 0.1) is 0 Å². The third-order valence-corrected chi connectivity index (χ3v) is 5.04. The van der Waals surface area contributed by atoms with Crippen LogP contribution in [0.5, 0.6) is 0 Å². The molecule has 4 rings (SSSR count). The van der Waals surface area contributed by atoms with E-state index in [9.17, 15) is 5.11 Å². The van der Waals surface area contributed by atoms with Gasteiger partial charge in [0.25, 0.3) is 0 Å². The Morgan fingerprint density at radius 2 is 1.85 bits per heavy atom. The number of rotatable bonds is 4.